The van der Waals surface area contributed by atoms with E-state index in [1.54, 1.807) is 11.0 Å². The number of rotatable bonds is 3. The number of sulfone groups is 1. The summed E-state index contributed by atoms with van der Waals surface area (Å²) >= 11 is 5.99. The fourth-order valence-electron chi connectivity index (χ4n) is 3.45. The second kappa shape index (κ2) is 6.61. The molecule has 0 aliphatic carbocycles. The first-order valence-corrected chi connectivity index (χ1v) is 10.7. The number of hydrogen-bond donors (Lipinski definition) is 0. The van der Waals surface area contributed by atoms with E-state index in [1.165, 1.54) is 12.1 Å². The fraction of sp³-hybridized carbons (Fsp3) is 0.278. The number of halogens is 1. The molecular weight excluding hydrogens is 388 g/mol. The summed E-state index contributed by atoms with van der Waals surface area (Å²) in [4.78, 5) is 14.8. The summed E-state index contributed by atoms with van der Waals surface area (Å²) in [5.41, 5.74) is 1.01. The Bertz CT molecular complexity index is 1140. The number of likely N-dealkylation sites (tertiary alicyclic amines) is 1. The van der Waals surface area contributed by atoms with Gasteiger partial charge in [0.05, 0.1) is 16.0 Å². The third-order valence-corrected chi connectivity index (χ3v) is 6.31. The van der Waals surface area contributed by atoms with Crippen molar-refractivity contribution in [1.82, 2.24) is 19.5 Å². The highest BCUT2D eigenvalue weighted by Gasteiger charge is 2.34. The number of fused-ring (bicyclic) bond motifs is 1. The highest BCUT2D eigenvalue weighted by Crippen LogP contribution is 2.33. The van der Waals surface area contributed by atoms with Crippen molar-refractivity contribution in [3.05, 3.63) is 59.0 Å². The first-order valence-electron chi connectivity index (χ1n) is 8.46. The van der Waals surface area contributed by atoms with E-state index in [0.717, 1.165) is 24.7 Å². The van der Waals surface area contributed by atoms with E-state index in [0.29, 0.717) is 17.9 Å². The van der Waals surface area contributed by atoms with Gasteiger partial charge in [-0.2, -0.15) is 0 Å². The van der Waals surface area contributed by atoms with E-state index < -0.39 is 9.84 Å². The number of carbonyl (C=O) groups is 1. The standard InChI is InChI=1S/C18H17ClN4O3S/c1-27(25,26)15-11-12(7-8-13(15)19)18(24)22-10-4-5-14(22)17-21-20-16-6-2-3-9-23(16)17/h2-3,6-9,11,14H,4-5,10H2,1H3. The van der Waals surface area contributed by atoms with Crippen LogP contribution < -0.4 is 0 Å². The lowest BCUT2D eigenvalue weighted by atomic mass is 10.1. The molecular formula is C18H17ClN4O3S. The van der Waals surface area contributed by atoms with Crippen molar-refractivity contribution in [2.24, 2.45) is 0 Å². The monoisotopic (exact) mass is 404 g/mol. The smallest absolute Gasteiger partial charge is 0.254 e. The molecule has 0 saturated carbocycles. The van der Waals surface area contributed by atoms with E-state index in [4.69, 9.17) is 11.6 Å². The van der Waals surface area contributed by atoms with Gasteiger partial charge in [0.2, 0.25) is 0 Å². The second-order valence-corrected chi connectivity index (χ2v) is 8.95. The molecule has 1 unspecified atom stereocenters. The summed E-state index contributed by atoms with van der Waals surface area (Å²) < 4.78 is 25.7. The van der Waals surface area contributed by atoms with E-state index in [1.807, 2.05) is 28.8 Å². The number of aromatic nitrogens is 3. The van der Waals surface area contributed by atoms with Crippen molar-refractivity contribution in [2.45, 2.75) is 23.8 Å². The lowest BCUT2D eigenvalue weighted by Gasteiger charge is -2.24. The van der Waals surface area contributed by atoms with E-state index in [9.17, 15) is 13.2 Å². The fourth-order valence-corrected chi connectivity index (χ4v) is 4.75. The van der Waals surface area contributed by atoms with Crippen LogP contribution in [0.2, 0.25) is 5.02 Å². The molecule has 0 spiro atoms. The Labute approximate surface area is 161 Å². The zero-order chi connectivity index (χ0) is 19.2. The van der Waals surface area contributed by atoms with Crippen LogP contribution in [0.15, 0.2) is 47.5 Å². The van der Waals surface area contributed by atoms with Gasteiger partial charge in [0.15, 0.2) is 21.3 Å². The maximum Gasteiger partial charge on any atom is 0.254 e. The van der Waals surface area contributed by atoms with Crippen molar-refractivity contribution >= 4 is 33.0 Å². The Balaban J connectivity index is 1.71. The van der Waals surface area contributed by atoms with Crippen LogP contribution in [0.5, 0.6) is 0 Å². The molecule has 7 nitrogen and oxygen atoms in total. The van der Waals surface area contributed by atoms with Gasteiger partial charge in [-0.3, -0.25) is 9.20 Å². The molecule has 0 bridgehead atoms. The third kappa shape index (κ3) is 3.19. The molecule has 4 rings (SSSR count). The van der Waals surface area contributed by atoms with Gasteiger partial charge in [-0.15, -0.1) is 10.2 Å². The molecule has 3 heterocycles. The summed E-state index contributed by atoms with van der Waals surface area (Å²) in [6, 6.07) is 9.75. The van der Waals surface area contributed by atoms with E-state index in [-0.39, 0.29) is 21.9 Å². The molecule has 1 atom stereocenters. The summed E-state index contributed by atoms with van der Waals surface area (Å²) in [6.45, 7) is 0.572. The number of amides is 1. The zero-order valence-electron chi connectivity index (χ0n) is 14.5. The highest BCUT2D eigenvalue weighted by molar-refractivity contribution is 7.90. The Morgan fingerprint density at radius 2 is 2.04 bits per heavy atom. The molecule has 1 aliphatic heterocycles. The normalized spacial score (nSPS) is 17.6. The second-order valence-electron chi connectivity index (χ2n) is 6.56. The average molecular weight is 405 g/mol. The Morgan fingerprint density at radius 1 is 1.22 bits per heavy atom. The highest BCUT2D eigenvalue weighted by atomic mass is 35.5. The topological polar surface area (TPSA) is 84.6 Å². The van der Waals surface area contributed by atoms with E-state index >= 15 is 0 Å². The van der Waals surface area contributed by atoms with Crippen LogP contribution in [-0.2, 0) is 9.84 Å². The molecule has 9 heteroatoms. The van der Waals surface area contributed by atoms with Crippen LogP contribution >= 0.6 is 11.6 Å². The van der Waals surface area contributed by atoms with Gasteiger partial charge in [-0.05, 0) is 43.2 Å². The minimum atomic E-state index is -3.53. The van der Waals surface area contributed by atoms with Gasteiger partial charge in [-0.25, -0.2) is 8.42 Å². The molecule has 27 heavy (non-hydrogen) atoms. The van der Waals surface area contributed by atoms with Gasteiger partial charge in [0, 0.05) is 24.6 Å². The Kier molecular flexibility index (Phi) is 4.39. The molecule has 0 N–H and O–H groups in total. The van der Waals surface area contributed by atoms with Crippen LogP contribution in [-0.4, -0.2) is 46.6 Å². The molecule has 140 valence electrons. The summed E-state index contributed by atoms with van der Waals surface area (Å²) in [6.07, 6.45) is 4.55. The van der Waals surface area contributed by atoms with Gasteiger partial charge >= 0.3 is 0 Å². The summed E-state index contributed by atoms with van der Waals surface area (Å²) in [5, 5.41) is 8.55. The SMILES string of the molecule is CS(=O)(=O)c1cc(C(=O)N2CCCC2c2nnc3ccccn23)ccc1Cl. The minimum absolute atomic E-state index is 0.0429. The molecule has 1 fully saturated rings. The van der Waals surface area contributed by atoms with Gasteiger partial charge in [0.1, 0.15) is 0 Å². The molecule has 3 aromatic rings. The summed E-state index contributed by atoms with van der Waals surface area (Å²) in [5.74, 6) is 0.459. The van der Waals surface area contributed by atoms with Crippen molar-refractivity contribution in [2.75, 3.05) is 12.8 Å². The van der Waals surface area contributed by atoms with Crippen LogP contribution in [0.3, 0.4) is 0 Å². The van der Waals surface area contributed by atoms with E-state index in [2.05, 4.69) is 10.2 Å². The zero-order valence-corrected chi connectivity index (χ0v) is 16.1. The predicted molar refractivity (Wildman–Crippen MR) is 101 cm³/mol. The summed E-state index contributed by atoms with van der Waals surface area (Å²) in [7, 11) is -3.53. The van der Waals surface area contributed by atoms with Gasteiger partial charge in [0.25, 0.3) is 5.91 Å². The van der Waals surface area contributed by atoms with Crippen LogP contribution in [0.4, 0.5) is 0 Å². The van der Waals surface area contributed by atoms with Crippen LogP contribution in [0, 0.1) is 0 Å². The quantitative estimate of drug-likeness (QED) is 0.670. The number of nitrogens with zero attached hydrogens (tertiary/aromatic N) is 4. The number of hydrogen-bond acceptors (Lipinski definition) is 5. The minimum Gasteiger partial charge on any atom is -0.328 e. The lowest BCUT2D eigenvalue weighted by molar-refractivity contribution is 0.0729. The molecule has 1 saturated heterocycles. The third-order valence-electron chi connectivity index (χ3n) is 4.73. The Hall–Kier alpha value is -2.45. The lowest BCUT2D eigenvalue weighted by Crippen LogP contribution is -2.31. The number of benzene rings is 1. The average Bonchev–Trinajstić information content (AvgIpc) is 3.27. The molecule has 1 amide bonds. The molecule has 1 aliphatic rings. The maximum atomic E-state index is 13.1. The van der Waals surface area contributed by atoms with Crippen molar-refractivity contribution < 1.29 is 13.2 Å². The van der Waals surface area contributed by atoms with Gasteiger partial charge in [-0.1, -0.05) is 17.7 Å². The van der Waals surface area contributed by atoms with Crippen LogP contribution in [0.25, 0.3) is 5.65 Å². The Morgan fingerprint density at radius 3 is 2.81 bits per heavy atom. The molecule has 0 radical (unpaired) electrons. The van der Waals surface area contributed by atoms with Gasteiger partial charge < -0.3 is 4.90 Å². The van der Waals surface area contributed by atoms with Crippen LogP contribution in [0.1, 0.15) is 35.1 Å². The largest absolute Gasteiger partial charge is 0.328 e. The predicted octanol–water partition coefficient (Wildman–Crippen LogP) is 2.76. The number of pyridine rings is 1. The van der Waals surface area contributed by atoms with Crippen molar-refractivity contribution in [1.29, 1.82) is 0 Å². The molecule has 2 aromatic heterocycles. The van der Waals surface area contributed by atoms with Crippen molar-refractivity contribution in [3.8, 4) is 0 Å². The first kappa shape index (κ1) is 17.9. The van der Waals surface area contributed by atoms with Crippen molar-refractivity contribution in [3.63, 3.8) is 0 Å². The first-order chi connectivity index (χ1) is 12.9. The molecule has 1 aromatic carbocycles. The number of carbonyl (C=O) groups excluding carboxylic acids is 1. The maximum absolute atomic E-state index is 13.1.